The average Bonchev–Trinajstić information content (AvgIpc) is 2.98. The summed E-state index contributed by atoms with van der Waals surface area (Å²) in [6.07, 6.45) is 5.45. The quantitative estimate of drug-likeness (QED) is 0.456. The molecule has 18 heavy (non-hydrogen) atoms. The zero-order chi connectivity index (χ0) is 12.8. The fourth-order valence-corrected chi connectivity index (χ4v) is 2.38. The molecule has 0 amide bonds. The topological polar surface area (TPSA) is 83.8 Å². The molecule has 7 heteroatoms. The van der Waals surface area contributed by atoms with E-state index in [4.69, 9.17) is 0 Å². The van der Waals surface area contributed by atoms with Crippen LogP contribution in [0.5, 0.6) is 0 Å². The Morgan fingerprint density at radius 1 is 1.50 bits per heavy atom. The number of nitrogens with zero attached hydrogens (tertiary/aromatic N) is 2. The summed E-state index contributed by atoms with van der Waals surface area (Å²) in [6.45, 7) is 1.54. The minimum absolute atomic E-state index is 0.197. The van der Waals surface area contributed by atoms with Crippen molar-refractivity contribution in [2.45, 2.75) is 19.4 Å². The number of H-pyrrole nitrogens is 1. The number of hydrogen-bond acceptors (Lipinski definition) is 5. The number of rotatable bonds is 7. The first-order valence-corrected chi connectivity index (χ1v) is 6.49. The molecular formula is C11H14N4O2S. The summed E-state index contributed by atoms with van der Waals surface area (Å²) in [5.74, 6) is 0.989. The molecule has 2 aromatic heterocycles. The van der Waals surface area contributed by atoms with Crippen LogP contribution in [-0.2, 0) is 13.0 Å². The van der Waals surface area contributed by atoms with E-state index in [1.165, 1.54) is 11.3 Å². The zero-order valence-electron chi connectivity index (χ0n) is 9.76. The van der Waals surface area contributed by atoms with E-state index in [1.54, 1.807) is 18.3 Å². The Bertz CT molecular complexity index is 495. The average molecular weight is 266 g/mol. The van der Waals surface area contributed by atoms with Crippen LogP contribution in [0.15, 0.2) is 24.5 Å². The smallest absolute Gasteiger partial charge is 0.324 e. The van der Waals surface area contributed by atoms with Crippen LogP contribution in [-0.4, -0.2) is 21.4 Å². The maximum absolute atomic E-state index is 10.5. The Kier molecular flexibility index (Phi) is 4.43. The fraction of sp³-hybridized carbons (Fsp3) is 0.364. The highest BCUT2D eigenvalue weighted by atomic mass is 32.1. The van der Waals surface area contributed by atoms with Crippen molar-refractivity contribution in [2.24, 2.45) is 0 Å². The second kappa shape index (κ2) is 6.27. The van der Waals surface area contributed by atoms with Crippen LogP contribution < -0.4 is 5.32 Å². The Morgan fingerprint density at radius 2 is 2.39 bits per heavy atom. The molecule has 0 aliphatic heterocycles. The molecule has 0 radical (unpaired) electrons. The van der Waals surface area contributed by atoms with Gasteiger partial charge in [0, 0.05) is 36.3 Å². The number of aromatic amines is 1. The number of aryl methyl sites for hydroxylation is 1. The van der Waals surface area contributed by atoms with Gasteiger partial charge in [-0.05, 0) is 19.0 Å². The summed E-state index contributed by atoms with van der Waals surface area (Å²) < 4.78 is 0. The van der Waals surface area contributed by atoms with Gasteiger partial charge >= 0.3 is 5.00 Å². The van der Waals surface area contributed by atoms with Gasteiger partial charge in [0.05, 0.1) is 4.92 Å². The van der Waals surface area contributed by atoms with E-state index >= 15 is 0 Å². The van der Waals surface area contributed by atoms with Crippen molar-refractivity contribution in [1.82, 2.24) is 15.3 Å². The summed E-state index contributed by atoms with van der Waals surface area (Å²) in [7, 11) is 0. The highest BCUT2D eigenvalue weighted by Crippen LogP contribution is 2.23. The summed E-state index contributed by atoms with van der Waals surface area (Å²) in [5.41, 5.74) is 0. The maximum Gasteiger partial charge on any atom is 0.324 e. The van der Waals surface area contributed by atoms with Gasteiger partial charge in [0.1, 0.15) is 5.82 Å². The van der Waals surface area contributed by atoms with Crippen LogP contribution in [0.25, 0.3) is 0 Å². The molecule has 2 aromatic rings. The number of nitro groups is 1. The Hall–Kier alpha value is -1.73. The zero-order valence-corrected chi connectivity index (χ0v) is 10.6. The van der Waals surface area contributed by atoms with Crippen LogP contribution >= 0.6 is 11.3 Å². The van der Waals surface area contributed by atoms with E-state index < -0.39 is 0 Å². The lowest BCUT2D eigenvalue weighted by Gasteiger charge is -2.01. The molecule has 0 bridgehead atoms. The van der Waals surface area contributed by atoms with Crippen molar-refractivity contribution < 1.29 is 4.92 Å². The molecule has 96 valence electrons. The van der Waals surface area contributed by atoms with Crippen LogP contribution in [0.3, 0.4) is 0 Å². The Labute approximate surface area is 108 Å². The lowest BCUT2D eigenvalue weighted by Crippen LogP contribution is -2.14. The molecule has 0 aliphatic rings. The molecule has 0 atom stereocenters. The third-order valence-corrected chi connectivity index (χ3v) is 3.49. The number of imidazole rings is 1. The normalized spacial score (nSPS) is 10.7. The molecule has 0 aliphatic carbocycles. The monoisotopic (exact) mass is 266 g/mol. The summed E-state index contributed by atoms with van der Waals surface area (Å²) >= 11 is 1.22. The summed E-state index contributed by atoms with van der Waals surface area (Å²) in [5, 5.41) is 14.0. The summed E-state index contributed by atoms with van der Waals surface area (Å²) in [6, 6.07) is 3.34. The van der Waals surface area contributed by atoms with Gasteiger partial charge in [0.15, 0.2) is 0 Å². The number of hydrogen-bond donors (Lipinski definition) is 2. The van der Waals surface area contributed by atoms with E-state index in [1.807, 2.05) is 6.20 Å². The predicted molar refractivity (Wildman–Crippen MR) is 69.6 cm³/mol. The molecule has 2 rings (SSSR count). The van der Waals surface area contributed by atoms with Gasteiger partial charge in [-0.3, -0.25) is 10.1 Å². The third kappa shape index (κ3) is 3.64. The van der Waals surface area contributed by atoms with E-state index in [-0.39, 0.29) is 9.92 Å². The molecule has 2 N–H and O–H groups in total. The van der Waals surface area contributed by atoms with Gasteiger partial charge in [-0.25, -0.2) is 4.98 Å². The summed E-state index contributed by atoms with van der Waals surface area (Å²) in [4.78, 5) is 18.3. The van der Waals surface area contributed by atoms with Gasteiger partial charge in [-0.1, -0.05) is 11.3 Å². The van der Waals surface area contributed by atoms with Crippen molar-refractivity contribution >= 4 is 16.3 Å². The molecule has 0 unspecified atom stereocenters. The van der Waals surface area contributed by atoms with Crippen LogP contribution in [0.1, 0.15) is 17.1 Å². The van der Waals surface area contributed by atoms with Crippen molar-refractivity contribution in [3.63, 3.8) is 0 Å². The van der Waals surface area contributed by atoms with Gasteiger partial charge < -0.3 is 10.3 Å². The first-order chi connectivity index (χ1) is 8.75. The molecule has 2 heterocycles. The van der Waals surface area contributed by atoms with Crippen molar-refractivity contribution in [2.75, 3.05) is 6.54 Å². The molecule has 6 nitrogen and oxygen atoms in total. The minimum Gasteiger partial charge on any atom is -0.349 e. The first-order valence-electron chi connectivity index (χ1n) is 5.68. The molecular weight excluding hydrogens is 252 g/mol. The maximum atomic E-state index is 10.5. The second-order valence-corrected chi connectivity index (χ2v) is 4.96. The molecule has 0 fully saturated rings. The SMILES string of the molecule is O=[N+]([O-])c1ccc(CNCCCc2ncc[nH]2)s1. The largest absolute Gasteiger partial charge is 0.349 e. The van der Waals surface area contributed by atoms with Crippen LogP contribution in [0.2, 0.25) is 0 Å². The lowest BCUT2D eigenvalue weighted by molar-refractivity contribution is -0.380. The molecule has 0 spiro atoms. The predicted octanol–water partition coefficient (Wildman–Crippen LogP) is 2.10. The third-order valence-electron chi connectivity index (χ3n) is 2.45. The highest BCUT2D eigenvalue weighted by Gasteiger charge is 2.08. The lowest BCUT2D eigenvalue weighted by atomic mass is 10.3. The van der Waals surface area contributed by atoms with Gasteiger partial charge in [-0.2, -0.15) is 0 Å². The van der Waals surface area contributed by atoms with Crippen LogP contribution in [0, 0.1) is 10.1 Å². The molecule has 0 saturated carbocycles. The fourth-order valence-electron chi connectivity index (χ4n) is 1.59. The van der Waals surface area contributed by atoms with Gasteiger partial charge in [0.2, 0.25) is 0 Å². The van der Waals surface area contributed by atoms with Crippen molar-refractivity contribution in [3.05, 3.63) is 45.3 Å². The first kappa shape index (κ1) is 12.7. The standard InChI is InChI=1S/C11H14N4O2S/c16-15(17)11-4-3-9(18-11)8-12-5-1-2-10-13-6-7-14-10/h3-4,6-7,12H,1-2,5,8H2,(H,13,14). The van der Waals surface area contributed by atoms with E-state index in [2.05, 4.69) is 15.3 Å². The Morgan fingerprint density at radius 3 is 3.06 bits per heavy atom. The van der Waals surface area contributed by atoms with Gasteiger partial charge in [-0.15, -0.1) is 0 Å². The van der Waals surface area contributed by atoms with E-state index in [0.29, 0.717) is 6.54 Å². The molecule has 0 saturated heterocycles. The van der Waals surface area contributed by atoms with Gasteiger partial charge in [0.25, 0.3) is 0 Å². The Balaban J connectivity index is 1.64. The molecule has 0 aromatic carbocycles. The van der Waals surface area contributed by atoms with E-state index in [9.17, 15) is 10.1 Å². The number of thiophene rings is 1. The minimum atomic E-state index is -0.356. The van der Waals surface area contributed by atoms with Crippen molar-refractivity contribution in [1.29, 1.82) is 0 Å². The van der Waals surface area contributed by atoms with Crippen LogP contribution in [0.4, 0.5) is 5.00 Å². The van der Waals surface area contributed by atoms with Crippen molar-refractivity contribution in [3.8, 4) is 0 Å². The number of aromatic nitrogens is 2. The second-order valence-electron chi connectivity index (χ2n) is 3.81. The highest BCUT2D eigenvalue weighted by molar-refractivity contribution is 7.15. The van der Waals surface area contributed by atoms with E-state index in [0.717, 1.165) is 30.1 Å². The number of nitrogens with one attached hydrogen (secondary N) is 2.